The van der Waals surface area contributed by atoms with Crippen LogP contribution in [0.3, 0.4) is 0 Å². The molecule has 186 valence electrons. The molecule has 1 N–H and O–H groups in total. The predicted octanol–water partition coefficient (Wildman–Crippen LogP) is 4.51. The molecule has 2 atom stereocenters. The lowest BCUT2D eigenvalue weighted by molar-refractivity contribution is -0.139. The Balaban J connectivity index is 2.41. The number of nitrogens with one attached hydrogen (secondary N) is 1. The summed E-state index contributed by atoms with van der Waals surface area (Å²) < 4.78 is 27.0. The second-order valence-corrected chi connectivity index (χ2v) is 11.6. The quantitative estimate of drug-likeness (QED) is 0.454. The molecule has 0 aliphatic heterocycles. The predicted molar refractivity (Wildman–Crippen MR) is 140 cm³/mol. The van der Waals surface area contributed by atoms with Crippen LogP contribution < -0.4 is 9.62 Å². The van der Waals surface area contributed by atoms with Gasteiger partial charge in [-0.05, 0) is 62.6 Å². The van der Waals surface area contributed by atoms with Gasteiger partial charge < -0.3 is 10.2 Å². The van der Waals surface area contributed by atoms with E-state index in [1.54, 1.807) is 26.0 Å². The van der Waals surface area contributed by atoms with E-state index in [1.165, 1.54) is 11.0 Å². The van der Waals surface area contributed by atoms with Crippen LogP contribution in [0.1, 0.15) is 38.3 Å². The van der Waals surface area contributed by atoms with Gasteiger partial charge in [0.1, 0.15) is 12.6 Å². The van der Waals surface area contributed by atoms with Crippen molar-refractivity contribution >= 4 is 55.1 Å². The minimum absolute atomic E-state index is 0.0556. The highest BCUT2D eigenvalue weighted by atomic mass is 79.9. The van der Waals surface area contributed by atoms with Gasteiger partial charge in [-0.3, -0.25) is 13.9 Å². The Morgan fingerprint density at radius 1 is 1.15 bits per heavy atom. The van der Waals surface area contributed by atoms with Gasteiger partial charge in [0.15, 0.2) is 0 Å². The molecule has 0 saturated heterocycles. The molecule has 2 amide bonds. The molecule has 2 aromatic carbocycles. The van der Waals surface area contributed by atoms with Crippen LogP contribution in [0.4, 0.5) is 5.69 Å². The first-order valence-electron chi connectivity index (χ1n) is 10.9. The topological polar surface area (TPSA) is 86.8 Å². The summed E-state index contributed by atoms with van der Waals surface area (Å²) in [5.74, 6) is -0.809. The van der Waals surface area contributed by atoms with Crippen LogP contribution in [0.2, 0.25) is 5.02 Å². The number of sulfonamides is 1. The second-order valence-electron chi connectivity index (χ2n) is 8.35. The Hall–Kier alpha value is -2.10. The SMILES string of the molecule is CC[C@@H](C)NC(=O)[C@@H](C)N(Cc1cccc(Br)c1)C(=O)CN(c1ccc(C)c(Cl)c1)S(C)(=O)=O. The van der Waals surface area contributed by atoms with Crippen molar-refractivity contribution in [3.8, 4) is 0 Å². The third-order valence-corrected chi connectivity index (χ3v) is 7.57. The summed E-state index contributed by atoms with van der Waals surface area (Å²) in [5, 5.41) is 3.29. The average molecular weight is 573 g/mol. The van der Waals surface area contributed by atoms with Crippen molar-refractivity contribution in [3.63, 3.8) is 0 Å². The number of hydrogen-bond donors (Lipinski definition) is 1. The molecule has 0 bridgehead atoms. The van der Waals surface area contributed by atoms with Crippen molar-refractivity contribution in [2.75, 3.05) is 17.1 Å². The van der Waals surface area contributed by atoms with E-state index in [0.717, 1.165) is 32.6 Å². The fourth-order valence-corrected chi connectivity index (χ4v) is 4.69. The third-order valence-electron chi connectivity index (χ3n) is 5.53. The molecule has 0 aliphatic carbocycles. The van der Waals surface area contributed by atoms with Crippen LogP contribution in [-0.4, -0.2) is 50.0 Å². The Bertz CT molecular complexity index is 1140. The second kappa shape index (κ2) is 12.0. The summed E-state index contributed by atoms with van der Waals surface area (Å²) >= 11 is 9.63. The van der Waals surface area contributed by atoms with Crippen LogP contribution in [0.5, 0.6) is 0 Å². The maximum atomic E-state index is 13.5. The largest absolute Gasteiger partial charge is 0.352 e. The summed E-state index contributed by atoms with van der Waals surface area (Å²) in [6, 6.07) is 11.3. The van der Waals surface area contributed by atoms with E-state index < -0.39 is 28.5 Å². The van der Waals surface area contributed by atoms with Gasteiger partial charge in [-0.2, -0.15) is 0 Å². The van der Waals surface area contributed by atoms with Gasteiger partial charge in [0, 0.05) is 22.1 Å². The first-order chi connectivity index (χ1) is 15.8. The number of benzene rings is 2. The molecule has 0 saturated carbocycles. The Morgan fingerprint density at radius 3 is 2.38 bits per heavy atom. The highest BCUT2D eigenvalue weighted by Crippen LogP contribution is 2.25. The molecule has 0 fully saturated rings. The zero-order chi connectivity index (χ0) is 25.6. The molecule has 2 aromatic rings. The van der Waals surface area contributed by atoms with E-state index in [-0.39, 0.29) is 24.2 Å². The van der Waals surface area contributed by atoms with Crippen molar-refractivity contribution in [2.24, 2.45) is 0 Å². The number of hydrogen-bond acceptors (Lipinski definition) is 4. The number of aryl methyl sites for hydroxylation is 1. The van der Waals surface area contributed by atoms with Crippen LogP contribution in [0.25, 0.3) is 0 Å². The van der Waals surface area contributed by atoms with E-state index in [4.69, 9.17) is 11.6 Å². The molecule has 0 heterocycles. The standard InChI is InChI=1S/C24H31BrClN3O4S/c1-6-17(3)27-24(31)18(4)28(14-19-8-7-9-20(25)12-19)23(30)15-29(34(5,32)33)21-11-10-16(2)22(26)13-21/h7-13,17-18H,6,14-15H2,1-5H3,(H,27,31)/t17-,18-/m1/s1. The fourth-order valence-electron chi connectivity index (χ4n) is 3.23. The van der Waals surface area contributed by atoms with E-state index in [2.05, 4.69) is 21.2 Å². The number of carbonyl (C=O) groups excluding carboxylic acids is 2. The Labute approximate surface area is 215 Å². The molecular formula is C24H31BrClN3O4S. The zero-order valence-electron chi connectivity index (χ0n) is 20.0. The van der Waals surface area contributed by atoms with E-state index in [0.29, 0.717) is 5.02 Å². The number of nitrogens with zero attached hydrogens (tertiary/aromatic N) is 2. The lowest BCUT2D eigenvalue weighted by Crippen LogP contribution is -2.52. The maximum absolute atomic E-state index is 13.5. The normalized spacial score (nSPS) is 13.1. The lowest BCUT2D eigenvalue weighted by atomic mass is 10.1. The van der Waals surface area contributed by atoms with E-state index in [1.807, 2.05) is 38.1 Å². The third kappa shape index (κ3) is 7.71. The number of carbonyl (C=O) groups is 2. The Morgan fingerprint density at radius 2 is 1.82 bits per heavy atom. The van der Waals surface area contributed by atoms with Gasteiger partial charge in [-0.15, -0.1) is 0 Å². The molecule has 34 heavy (non-hydrogen) atoms. The van der Waals surface area contributed by atoms with Crippen molar-refractivity contribution < 1.29 is 18.0 Å². The molecule has 0 aromatic heterocycles. The smallest absolute Gasteiger partial charge is 0.244 e. The summed E-state index contributed by atoms with van der Waals surface area (Å²) in [6.45, 7) is 6.96. The summed E-state index contributed by atoms with van der Waals surface area (Å²) in [6.07, 6.45) is 1.78. The van der Waals surface area contributed by atoms with E-state index >= 15 is 0 Å². The minimum atomic E-state index is -3.81. The molecule has 0 spiro atoms. The van der Waals surface area contributed by atoms with Gasteiger partial charge in [0.25, 0.3) is 0 Å². The van der Waals surface area contributed by atoms with Crippen LogP contribution in [-0.2, 0) is 26.2 Å². The van der Waals surface area contributed by atoms with Gasteiger partial charge in [-0.25, -0.2) is 8.42 Å². The number of anilines is 1. The highest BCUT2D eigenvalue weighted by molar-refractivity contribution is 9.10. The first-order valence-corrected chi connectivity index (χ1v) is 13.9. The van der Waals surface area contributed by atoms with Gasteiger partial charge in [-0.1, -0.05) is 52.7 Å². The lowest BCUT2D eigenvalue weighted by Gasteiger charge is -2.32. The summed E-state index contributed by atoms with van der Waals surface area (Å²) in [7, 11) is -3.81. The highest BCUT2D eigenvalue weighted by Gasteiger charge is 2.30. The van der Waals surface area contributed by atoms with Gasteiger partial charge in [0.05, 0.1) is 11.9 Å². The molecular weight excluding hydrogens is 542 g/mol. The van der Waals surface area contributed by atoms with Crippen LogP contribution in [0, 0.1) is 6.92 Å². The molecule has 0 unspecified atom stereocenters. The van der Waals surface area contributed by atoms with Crippen molar-refractivity contribution in [1.82, 2.24) is 10.2 Å². The molecule has 0 aliphatic rings. The number of amides is 2. The van der Waals surface area contributed by atoms with Gasteiger partial charge >= 0.3 is 0 Å². The van der Waals surface area contributed by atoms with Crippen molar-refractivity contribution in [1.29, 1.82) is 0 Å². The van der Waals surface area contributed by atoms with Crippen molar-refractivity contribution in [2.45, 2.75) is 52.7 Å². The average Bonchev–Trinajstić information content (AvgIpc) is 2.76. The zero-order valence-corrected chi connectivity index (χ0v) is 23.2. The number of halogens is 2. The number of rotatable bonds is 10. The molecule has 7 nitrogen and oxygen atoms in total. The minimum Gasteiger partial charge on any atom is -0.352 e. The van der Waals surface area contributed by atoms with Crippen LogP contribution >= 0.6 is 27.5 Å². The van der Waals surface area contributed by atoms with E-state index in [9.17, 15) is 18.0 Å². The van der Waals surface area contributed by atoms with Gasteiger partial charge in [0.2, 0.25) is 21.8 Å². The Kier molecular flexibility index (Phi) is 9.96. The van der Waals surface area contributed by atoms with Crippen LogP contribution in [0.15, 0.2) is 46.9 Å². The molecule has 2 rings (SSSR count). The molecule has 10 heteroatoms. The fraction of sp³-hybridized carbons (Fsp3) is 0.417. The monoisotopic (exact) mass is 571 g/mol. The summed E-state index contributed by atoms with van der Waals surface area (Å²) in [5.41, 5.74) is 1.87. The van der Waals surface area contributed by atoms with Crippen molar-refractivity contribution in [3.05, 3.63) is 63.1 Å². The molecule has 0 radical (unpaired) electrons. The summed E-state index contributed by atoms with van der Waals surface area (Å²) in [4.78, 5) is 27.8. The maximum Gasteiger partial charge on any atom is 0.244 e. The first kappa shape index (κ1) is 28.1.